The van der Waals surface area contributed by atoms with Crippen LogP contribution in [0.15, 0.2) is 42.5 Å². The van der Waals surface area contributed by atoms with Crippen LogP contribution in [-0.2, 0) is 26.2 Å². The Labute approximate surface area is 204 Å². The number of hydrogen-bond acceptors (Lipinski definition) is 4. The van der Waals surface area contributed by atoms with E-state index >= 15 is 0 Å². The number of nitrogens with one attached hydrogen (secondary N) is 1. The average Bonchev–Trinajstić information content (AvgIpc) is 2.69. The third-order valence-electron chi connectivity index (χ3n) is 5.64. The predicted octanol–water partition coefficient (Wildman–Crippen LogP) is 3.71. The first kappa shape index (κ1) is 27.4. The van der Waals surface area contributed by atoms with Gasteiger partial charge in [0.2, 0.25) is 21.8 Å². The fourth-order valence-electron chi connectivity index (χ4n) is 3.80. The van der Waals surface area contributed by atoms with E-state index in [2.05, 4.69) is 5.32 Å². The van der Waals surface area contributed by atoms with Gasteiger partial charge in [-0.15, -0.1) is 0 Å². The van der Waals surface area contributed by atoms with Crippen LogP contribution in [0.5, 0.6) is 0 Å². The van der Waals surface area contributed by atoms with Gasteiger partial charge in [0.15, 0.2) is 0 Å². The summed E-state index contributed by atoms with van der Waals surface area (Å²) in [6.07, 6.45) is 1.09. The molecule has 2 aromatic rings. The van der Waals surface area contributed by atoms with Gasteiger partial charge in [-0.3, -0.25) is 13.9 Å². The van der Waals surface area contributed by atoms with E-state index in [0.717, 1.165) is 32.8 Å². The van der Waals surface area contributed by atoms with Crippen molar-refractivity contribution in [2.24, 2.45) is 0 Å². The first-order valence-corrected chi connectivity index (χ1v) is 13.2. The molecule has 2 aromatic carbocycles. The molecule has 0 radical (unpaired) electrons. The highest BCUT2D eigenvalue weighted by Gasteiger charge is 2.32. The summed E-state index contributed by atoms with van der Waals surface area (Å²) in [6, 6.07) is 12.3. The minimum Gasteiger partial charge on any atom is -0.350 e. The van der Waals surface area contributed by atoms with E-state index in [-0.39, 0.29) is 12.5 Å². The fraction of sp³-hybridized carbons (Fsp3) is 0.462. The number of carbonyl (C=O) groups excluding carboxylic acids is 2. The van der Waals surface area contributed by atoms with E-state index in [1.807, 2.05) is 84.0 Å². The van der Waals surface area contributed by atoms with Crippen LogP contribution in [0.25, 0.3) is 0 Å². The van der Waals surface area contributed by atoms with Gasteiger partial charge in [-0.25, -0.2) is 8.42 Å². The summed E-state index contributed by atoms with van der Waals surface area (Å²) in [5.41, 5.74) is 3.40. The Morgan fingerprint density at radius 3 is 1.97 bits per heavy atom. The maximum absolute atomic E-state index is 13.7. The zero-order valence-electron chi connectivity index (χ0n) is 21.5. The smallest absolute Gasteiger partial charge is 0.244 e. The number of sulfonamides is 1. The van der Waals surface area contributed by atoms with Crippen LogP contribution in [-0.4, -0.2) is 49.5 Å². The molecule has 0 heterocycles. The molecule has 2 amide bonds. The number of para-hydroxylation sites is 1. The Hall–Kier alpha value is -2.87. The average molecular weight is 488 g/mol. The maximum Gasteiger partial charge on any atom is 0.244 e. The van der Waals surface area contributed by atoms with Crippen LogP contribution >= 0.6 is 0 Å². The molecular weight excluding hydrogens is 450 g/mol. The van der Waals surface area contributed by atoms with Crippen molar-refractivity contribution in [2.45, 2.75) is 66.6 Å². The Balaban J connectivity index is 2.48. The van der Waals surface area contributed by atoms with Gasteiger partial charge in [-0.1, -0.05) is 42.5 Å². The van der Waals surface area contributed by atoms with E-state index in [1.54, 1.807) is 6.92 Å². The molecule has 1 N–H and O–H groups in total. The SMILES string of the molecule is Cc1ccccc1CN(C(=O)CN(c1c(C)cccc1C)S(C)(=O)=O)[C@H](C)C(=O)NC(C)(C)C. The molecular formula is C26H37N3O4S. The summed E-state index contributed by atoms with van der Waals surface area (Å²) in [5, 5.41) is 2.92. The molecule has 7 nitrogen and oxygen atoms in total. The molecule has 0 bridgehead atoms. The monoisotopic (exact) mass is 487 g/mol. The van der Waals surface area contributed by atoms with E-state index in [0.29, 0.717) is 5.69 Å². The lowest BCUT2D eigenvalue weighted by Crippen LogP contribution is -2.54. The number of hydrogen-bond donors (Lipinski definition) is 1. The van der Waals surface area contributed by atoms with Gasteiger partial charge in [0, 0.05) is 12.1 Å². The Morgan fingerprint density at radius 2 is 1.47 bits per heavy atom. The zero-order valence-corrected chi connectivity index (χ0v) is 22.3. The number of benzene rings is 2. The number of rotatable bonds is 8. The second-order valence-corrected chi connectivity index (χ2v) is 11.8. The van der Waals surface area contributed by atoms with Gasteiger partial charge in [0.05, 0.1) is 11.9 Å². The highest BCUT2D eigenvalue weighted by Crippen LogP contribution is 2.27. The van der Waals surface area contributed by atoms with Crippen molar-refractivity contribution in [1.82, 2.24) is 10.2 Å². The fourth-order valence-corrected chi connectivity index (χ4v) is 4.77. The standard InChI is InChI=1S/C26H37N3O4S/c1-18-12-9-10-15-22(18)16-28(21(4)25(31)27-26(5,6)7)23(30)17-29(34(8,32)33)24-19(2)13-11-14-20(24)3/h9-15,21H,16-17H2,1-8H3,(H,27,31)/t21-/m1/s1. The summed E-state index contributed by atoms with van der Waals surface area (Å²) < 4.78 is 26.7. The Bertz CT molecular complexity index is 1130. The third-order valence-corrected chi connectivity index (χ3v) is 6.75. The lowest BCUT2D eigenvalue weighted by Gasteiger charge is -2.34. The number of aryl methyl sites for hydroxylation is 3. The van der Waals surface area contributed by atoms with E-state index < -0.39 is 34.1 Å². The molecule has 8 heteroatoms. The van der Waals surface area contributed by atoms with Crippen LogP contribution in [0.2, 0.25) is 0 Å². The molecule has 2 rings (SSSR count). The molecule has 0 fully saturated rings. The number of anilines is 1. The number of amides is 2. The van der Waals surface area contributed by atoms with Gasteiger partial charge in [0.1, 0.15) is 12.6 Å². The molecule has 186 valence electrons. The van der Waals surface area contributed by atoms with Crippen LogP contribution in [0.3, 0.4) is 0 Å². The maximum atomic E-state index is 13.7. The Morgan fingerprint density at radius 1 is 0.941 bits per heavy atom. The molecule has 34 heavy (non-hydrogen) atoms. The van der Waals surface area contributed by atoms with Crippen molar-refractivity contribution in [2.75, 3.05) is 17.1 Å². The summed E-state index contributed by atoms with van der Waals surface area (Å²) in [5.74, 6) is -0.750. The second-order valence-electron chi connectivity index (χ2n) is 9.87. The van der Waals surface area contributed by atoms with Crippen LogP contribution < -0.4 is 9.62 Å². The minimum atomic E-state index is -3.76. The van der Waals surface area contributed by atoms with E-state index in [9.17, 15) is 18.0 Å². The van der Waals surface area contributed by atoms with Crippen LogP contribution in [0, 0.1) is 20.8 Å². The minimum absolute atomic E-state index is 0.189. The zero-order chi connectivity index (χ0) is 25.8. The first-order valence-electron chi connectivity index (χ1n) is 11.3. The van der Waals surface area contributed by atoms with Gasteiger partial charge in [-0.2, -0.15) is 0 Å². The van der Waals surface area contributed by atoms with Crippen molar-refractivity contribution in [1.29, 1.82) is 0 Å². The molecule has 1 atom stereocenters. The number of carbonyl (C=O) groups is 2. The van der Waals surface area contributed by atoms with Gasteiger partial charge < -0.3 is 10.2 Å². The van der Waals surface area contributed by atoms with Gasteiger partial charge in [0.25, 0.3) is 0 Å². The highest BCUT2D eigenvalue weighted by atomic mass is 32.2. The molecule has 0 saturated carbocycles. The first-order chi connectivity index (χ1) is 15.6. The third kappa shape index (κ3) is 7.06. The molecule has 0 aliphatic carbocycles. The summed E-state index contributed by atoms with van der Waals surface area (Å²) in [7, 11) is -3.76. The van der Waals surface area contributed by atoms with Crippen molar-refractivity contribution in [3.63, 3.8) is 0 Å². The largest absolute Gasteiger partial charge is 0.350 e. The van der Waals surface area contributed by atoms with E-state index in [1.165, 1.54) is 4.90 Å². The Kier molecular flexibility index (Phi) is 8.53. The molecule has 0 aliphatic rings. The predicted molar refractivity (Wildman–Crippen MR) is 137 cm³/mol. The van der Waals surface area contributed by atoms with Gasteiger partial charge >= 0.3 is 0 Å². The van der Waals surface area contributed by atoms with Crippen LogP contribution in [0.4, 0.5) is 5.69 Å². The quantitative estimate of drug-likeness (QED) is 0.615. The lowest BCUT2D eigenvalue weighted by atomic mass is 10.1. The van der Waals surface area contributed by atoms with Crippen molar-refractivity contribution < 1.29 is 18.0 Å². The lowest BCUT2D eigenvalue weighted by molar-refractivity contribution is -0.140. The molecule has 0 aliphatic heterocycles. The topological polar surface area (TPSA) is 86.8 Å². The molecule has 0 spiro atoms. The molecule has 0 unspecified atom stereocenters. The normalized spacial score (nSPS) is 12.7. The second kappa shape index (κ2) is 10.6. The van der Waals surface area contributed by atoms with E-state index in [4.69, 9.17) is 0 Å². The van der Waals surface area contributed by atoms with Crippen molar-refractivity contribution >= 4 is 27.5 Å². The van der Waals surface area contributed by atoms with Crippen molar-refractivity contribution in [3.05, 3.63) is 64.7 Å². The van der Waals surface area contributed by atoms with Crippen molar-refractivity contribution in [3.8, 4) is 0 Å². The molecule has 0 aromatic heterocycles. The summed E-state index contributed by atoms with van der Waals surface area (Å²) >= 11 is 0. The molecule has 0 saturated heterocycles. The summed E-state index contributed by atoms with van der Waals surface area (Å²) in [6.45, 7) is 12.6. The van der Waals surface area contributed by atoms with Crippen LogP contribution in [0.1, 0.15) is 49.9 Å². The number of nitrogens with zero attached hydrogens (tertiary/aromatic N) is 2. The summed E-state index contributed by atoms with van der Waals surface area (Å²) in [4.78, 5) is 28.1. The van der Waals surface area contributed by atoms with Gasteiger partial charge in [-0.05, 0) is 70.7 Å². The highest BCUT2D eigenvalue weighted by molar-refractivity contribution is 7.92.